The van der Waals surface area contributed by atoms with Crippen LogP contribution in [0.4, 0.5) is 0 Å². The molecule has 0 aliphatic rings. The molecular weight excluding hydrogens is 331 g/mol. The maximum absolute atomic E-state index is 11.7. The van der Waals surface area contributed by atoms with E-state index < -0.39 is 5.24 Å². The zero-order valence-electron chi connectivity index (χ0n) is 11.9. The van der Waals surface area contributed by atoms with Crippen LogP contribution in [0, 0.1) is 0 Å². The summed E-state index contributed by atoms with van der Waals surface area (Å²) < 4.78 is 1.95. The van der Waals surface area contributed by atoms with Crippen molar-refractivity contribution in [2.75, 3.05) is 0 Å². The van der Waals surface area contributed by atoms with E-state index >= 15 is 0 Å². The van der Waals surface area contributed by atoms with Crippen molar-refractivity contribution in [1.82, 2.24) is 9.55 Å². The molecule has 0 fully saturated rings. The Morgan fingerprint density at radius 2 is 1.78 bits per heavy atom. The molecule has 2 aromatic carbocycles. The number of nitrogens with zero attached hydrogens (tertiary/aromatic N) is 2. The number of rotatable bonds is 2. The van der Waals surface area contributed by atoms with Gasteiger partial charge < -0.3 is 4.57 Å². The summed E-state index contributed by atoms with van der Waals surface area (Å²) >= 11 is 5.71. The van der Waals surface area contributed by atoms with E-state index in [4.69, 9.17) is 11.6 Å². The number of halogens is 2. The largest absolute Gasteiger partial charge is 0.314 e. The van der Waals surface area contributed by atoms with Gasteiger partial charge in [0.25, 0.3) is 5.24 Å². The highest BCUT2D eigenvalue weighted by Gasteiger charge is 2.14. The molecule has 23 heavy (non-hydrogen) atoms. The Labute approximate surface area is 143 Å². The van der Waals surface area contributed by atoms with Gasteiger partial charge >= 0.3 is 0 Å². The topological polar surface area (TPSA) is 34.9 Å². The minimum Gasteiger partial charge on any atom is -0.314 e. The number of carbonyl (C=O) groups is 1. The van der Waals surface area contributed by atoms with Crippen LogP contribution in [-0.4, -0.2) is 14.8 Å². The van der Waals surface area contributed by atoms with E-state index in [-0.39, 0.29) is 12.4 Å². The second-order valence-corrected chi connectivity index (χ2v) is 5.43. The maximum Gasteiger partial charge on any atom is 0.254 e. The standard InChI is InChI=1S/C18H11ClN2O.ClH/c19-18(22)15-11-21(17-8-4-2-6-14(15)17)13-9-12-5-1-3-7-16(12)20-10-13;/h1-11H;1H. The Morgan fingerprint density at radius 3 is 2.61 bits per heavy atom. The molecule has 0 amide bonds. The van der Waals surface area contributed by atoms with Crippen LogP contribution in [0.15, 0.2) is 67.0 Å². The number of para-hydroxylation sites is 2. The lowest BCUT2D eigenvalue weighted by Gasteiger charge is -2.06. The highest BCUT2D eigenvalue weighted by molar-refractivity contribution is 6.68. The van der Waals surface area contributed by atoms with Gasteiger partial charge in [-0.25, -0.2) is 0 Å². The highest BCUT2D eigenvalue weighted by Crippen LogP contribution is 2.27. The number of benzene rings is 2. The van der Waals surface area contributed by atoms with Crippen LogP contribution in [0.5, 0.6) is 0 Å². The predicted molar refractivity (Wildman–Crippen MR) is 96.0 cm³/mol. The summed E-state index contributed by atoms with van der Waals surface area (Å²) in [5.74, 6) is 0. The molecule has 0 aliphatic carbocycles. The molecule has 0 spiro atoms. The Morgan fingerprint density at radius 1 is 1.04 bits per heavy atom. The lowest BCUT2D eigenvalue weighted by atomic mass is 10.2. The van der Waals surface area contributed by atoms with Crippen LogP contribution >= 0.6 is 24.0 Å². The smallest absolute Gasteiger partial charge is 0.254 e. The predicted octanol–water partition coefficient (Wildman–Crippen LogP) is 4.98. The summed E-state index contributed by atoms with van der Waals surface area (Å²) in [5.41, 5.74) is 3.28. The van der Waals surface area contributed by atoms with Crippen molar-refractivity contribution in [3.05, 3.63) is 72.6 Å². The molecule has 4 rings (SSSR count). The molecule has 3 nitrogen and oxygen atoms in total. The first kappa shape index (κ1) is 15.5. The third-order valence-electron chi connectivity index (χ3n) is 3.78. The van der Waals surface area contributed by atoms with Gasteiger partial charge in [0.2, 0.25) is 0 Å². The zero-order chi connectivity index (χ0) is 15.1. The Bertz CT molecular complexity index is 1020. The van der Waals surface area contributed by atoms with Crippen molar-refractivity contribution in [3.8, 4) is 5.69 Å². The number of carbonyl (C=O) groups excluding carboxylic acids is 1. The van der Waals surface area contributed by atoms with Gasteiger partial charge in [-0.1, -0.05) is 36.4 Å². The molecular formula is C18H12Cl2N2O. The first-order chi connectivity index (χ1) is 10.7. The van der Waals surface area contributed by atoms with Gasteiger partial charge in [-0.3, -0.25) is 9.78 Å². The second kappa shape index (κ2) is 6.03. The van der Waals surface area contributed by atoms with E-state index in [1.165, 1.54) is 0 Å². The lowest BCUT2D eigenvalue weighted by molar-refractivity contribution is 0.108. The number of aromatic nitrogens is 2. The van der Waals surface area contributed by atoms with Crippen LogP contribution in [-0.2, 0) is 0 Å². The van der Waals surface area contributed by atoms with E-state index in [9.17, 15) is 4.79 Å². The fourth-order valence-corrected chi connectivity index (χ4v) is 2.89. The zero-order valence-corrected chi connectivity index (χ0v) is 13.5. The summed E-state index contributed by atoms with van der Waals surface area (Å²) in [7, 11) is 0. The minimum atomic E-state index is -0.455. The van der Waals surface area contributed by atoms with Crippen LogP contribution in [0.3, 0.4) is 0 Å². The van der Waals surface area contributed by atoms with E-state index in [0.717, 1.165) is 27.5 Å². The van der Waals surface area contributed by atoms with E-state index in [2.05, 4.69) is 11.1 Å². The van der Waals surface area contributed by atoms with E-state index in [0.29, 0.717) is 5.56 Å². The Balaban J connectivity index is 0.00000156. The van der Waals surface area contributed by atoms with Gasteiger partial charge in [-0.15, -0.1) is 12.4 Å². The molecule has 5 heteroatoms. The van der Waals surface area contributed by atoms with Crippen LogP contribution in [0.1, 0.15) is 10.4 Å². The molecule has 4 aromatic rings. The monoisotopic (exact) mass is 342 g/mol. The van der Waals surface area contributed by atoms with Gasteiger partial charge in [0.1, 0.15) is 0 Å². The fraction of sp³-hybridized carbons (Fsp3) is 0. The van der Waals surface area contributed by atoms with Gasteiger partial charge in [0, 0.05) is 17.0 Å². The first-order valence-corrected chi connectivity index (χ1v) is 7.27. The number of pyridine rings is 1. The summed E-state index contributed by atoms with van der Waals surface area (Å²) in [4.78, 5) is 16.1. The summed E-state index contributed by atoms with van der Waals surface area (Å²) in [6, 6.07) is 17.7. The van der Waals surface area contributed by atoms with Crippen molar-refractivity contribution in [1.29, 1.82) is 0 Å². The lowest BCUT2D eigenvalue weighted by Crippen LogP contribution is -1.93. The normalized spacial score (nSPS) is 10.7. The molecule has 2 heterocycles. The van der Waals surface area contributed by atoms with E-state index in [1.807, 2.05) is 53.1 Å². The quantitative estimate of drug-likeness (QED) is 0.481. The third-order valence-corrected chi connectivity index (χ3v) is 3.98. The third kappa shape index (κ3) is 2.58. The number of hydrogen-bond acceptors (Lipinski definition) is 2. The van der Waals surface area contributed by atoms with Crippen molar-refractivity contribution < 1.29 is 4.79 Å². The summed E-state index contributed by atoms with van der Waals surface area (Å²) in [6.45, 7) is 0. The highest BCUT2D eigenvalue weighted by atomic mass is 35.5. The molecule has 2 aromatic heterocycles. The summed E-state index contributed by atoms with van der Waals surface area (Å²) in [6.07, 6.45) is 3.57. The molecule has 0 saturated carbocycles. The molecule has 0 radical (unpaired) electrons. The van der Waals surface area contributed by atoms with Crippen LogP contribution < -0.4 is 0 Å². The average Bonchev–Trinajstić information content (AvgIpc) is 2.94. The van der Waals surface area contributed by atoms with Crippen molar-refractivity contribution in [2.24, 2.45) is 0 Å². The van der Waals surface area contributed by atoms with Gasteiger partial charge in [0.05, 0.1) is 28.5 Å². The van der Waals surface area contributed by atoms with Gasteiger partial charge in [-0.2, -0.15) is 0 Å². The van der Waals surface area contributed by atoms with Gasteiger partial charge in [0.15, 0.2) is 0 Å². The molecule has 0 aliphatic heterocycles. The molecule has 0 atom stereocenters. The fourth-order valence-electron chi connectivity index (χ4n) is 2.74. The molecule has 0 N–H and O–H groups in total. The number of hydrogen-bond donors (Lipinski definition) is 0. The first-order valence-electron chi connectivity index (χ1n) is 6.89. The molecule has 0 bridgehead atoms. The van der Waals surface area contributed by atoms with Gasteiger partial charge in [-0.05, 0) is 29.8 Å². The molecule has 0 saturated heterocycles. The summed E-state index contributed by atoms with van der Waals surface area (Å²) in [5, 5.41) is 1.44. The maximum atomic E-state index is 11.7. The second-order valence-electron chi connectivity index (χ2n) is 5.09. The Kier molecular flexibility index (Phi) is 4.07. The molecule has 0 unspecified atom stereocenters. The van der Waals surface area contributed by atoms with E-state index in [1.54, 1.807) is 12.4 Å². The van der Waals surface area contributed by atoms with Crippen molar-refractivity contribution in [3.63, 3.8) is 0 Å². The van der Waals surface area contributed by atoms with Crippen molar-refractivity contribution >= 4 is 51.1 Å². The van der Waals surface area contributed by atoms with Crippen LogP contribution in [0.25, 0.3) is 27.5 Å². The van der Waals surface area contributed by atoms with Crippen LogP contribution in [0.2, 0.25) is 0 Å². The molecule has 114 valence electrons. The average molecular weight is 343 g/mol. The minimum absolute atomic E-state index is 0. The van der Waals surface area contributed by atoms with Crippen molar-refractivity contribution in [2.45, 2.75) is 0 Å². The SMILES string of the molecule is Cl.O=C(Cl)c1cn(-c2cnc3ccccc3c2)c2ccccc12. The number of fused-ring (bicyclic) bond motifs is 2. The Hall–Kier alpha value is -2.36.